The van der Waals surface area contributed by atoms with Gasteiger partial charge in [0.1, 0.15) is 23.0 Å². The van der Waals surface area contributed by atoms with Gasteiger partial charge in [0.15, 0.2) is 5.58 Å². The number of furan rings is 2. The van der Waals surface area contributed by atoms with E-state index in [-0.39, 0.29) is 23.3 Å². The van der Waals surface area contributed by atoms with Crippen molar-refractivity contribution < 1.29 is 22.8 Å². The Morgan fingerprint density at radius 3 is 2.61 bits per heavy atom. The first-order valence-corrected chi connectivity index (χ1v) is 10.0. The van der Waals surface area contributed by atoms with Crippen LogP contribution in [0.25, 0.3) is 22.5 Å². The molecule has 3 aromatic heterocycles. The fraction of sp³-hybridized carbons (Fsp3) is 0.250. The smallest absolute Gasteiger partial charge is 0.228 e. The molecule has 31 heavy (non-hydrogen) atoms. The Morgan fingerprint density at radius 2 is 1.90 bits per heavy atom. The summed E-state index contributed by atoms with van der Waals surface area (Å²) < 4.78 is 22.2. The van der Waals surface area contributed by atoms with Crippen molar-refractivity contribution in [3.05, 3.63) is 76.0 Å². The number of nitrogens with one attached hydrogen (secondary N) is 1. The SMILES string of the molecule is COc1ccc(-c2oc3c(=O)cc(C)oc3c2CC(=O)NCCCc2ccco2)cc1. The van der Waals surface area contributed by atoms with E-state index in [9.17, 15) is 9.59 Å². The predicted molar refractivity (Wildman–Crippen MR) is 115 cm³/mol. The van der Waals surface area contributed by atoms with Crippen LogP contribution in [0.4, 0.5) is 0 Å². The Morgan fingerprint density at radius 1 is 1.10 bits per heavy atom. The zero-order valence-electron chi connectivity index (χ0n) is 17.4. The number of carbonyl (C=O) groups is 1. The van der Waals surface area contributed by atoms with Gasteiger partial charge in [-0.2, -0.15) is 0 Å². The summed E-state index contributed by atoms with van der Waals surface area (Å²) in [5.41, 5.74) is 1.41. The first-order chi connectivity index (χ1) is 15.0. The van der Waals surface area contributed by atoms with Crippen LogP contribution in [0.1, 0.15) is 23.5 Å². The minimum atomic E-state index is -0.279. The lowest BCUT2D eigenvalue weighted by Crippen LogP contribution is -2.26. The van der Waals surface area contributed by atoms with Gasteiger partial charge < -0.3 is 23.3 Å². The number of rotatable bonds is 8. The lowest BCUT2D eigenvalue weighted by molar-refractivity contribution is -0.120. The van der Waals surface area contributed by atoms with Crippen molar-refractivity contribution >= 4 is 17.1 Å². The van der Waals surface area contributed by atoms with E-state index in [0.717, 1.165) is 24.2 Å². The summed E-state index contributed by atoms with van der Waals surface area (Å²) in [5.74, 6) is 2.30. The Bertz CT molecular complexity index is 1230. The molecule has 0 spiro atoms. The average Bonchev–Trinajstić information content (AvgIpc) is 3.40. The van der Waals surface area contributed by atoms with Crippen molar-refractivity contribution in [2.75, 3.05) is 13.7 Å². The number of carbonyl (C=O) groups excluding carboxylic acids is 1. The number of hydrogen-bond acceptors (Lipinski definition) is 6. The summed E-state index contributed by atoms with van der Waals surface area (Å²) in [5, 5.41) is 2.91. The second-order valence-electron chi connectivity index (χ2n) is 7.23. The predicted octanol–water partition coefficient (Wildman–Crippen LogP) is 4.25. The van der Waals surface area contributed by atoms with Crippen molar-refractivity contribution in [3.8, 4) is 17.1 Å². The fourth-order valence-electron chi connectivity index (χ4n) is 3.47. The maximum atomic E-state index is 12.7. The van der Waals surface area contributed by atoms with Crippen LogP contribution in [0.5, 0.6) is 5.75 Å². The zero-order valence-corrected chi connectivity index (χ0v) is 17.4. The minimum Gasteiger partial charge on any atom is -0.497 e. The summed E-state index contributed by atoms with van der Waals surface area (Å²) in [4.78, 5) is 25.1. The molecule has 0 aliphatic heterocycles. The van der Waals surface area contributed by atoms with E-state index in [0.29, 0.717) is 35.0 Å². The van der Waals surface area contributed by atoms with Crippen LogP contribution in [-0.2, 0) is 17.6 Å². The molecule has 0 saturated carbocycles. The maximum Gasteiger partial charge on any atom is 0.228 e. The molecule has 1 N–H and O–H groups in total. The average molecular weight is 421 g/mol. The molecule has 0 saturated heterocycles. The number of aryl methyl sites for hydroxylation is 2. The highest BCUT2D eigenvalue weighted by atomic mass is 16.5. The molecule has 0 atom stereocenters. The number of ether oxygens (including phenoxy) is 1. The molecule has 160 valence electrons. The minimum absolute atomic E-state index is 0.0293. The van der Waals surface area contributed by atoms with Gasteiger partial charge in [-0.3, -0.25) is 9.59 Å². The van der Waals surface area contributed by atoms with Gasteiger partial charge in [-0.05, 0) is 49.7 Å². The molecule has 4 aromatic rings. The van der Waals surface area contributed by atoms with Crippen molar-refractivity contribution in [2.45, 2.75) is 26.2 Å². The third-order valence-electron chi connectivity index (χ3n) is 4.97. The molecule has 0 aliphatic carbocycles. The second kappa shape index (κ2) is 8.95. The highest BCUT2D eigenvalue weighted by Gasteiger charge is 2.22. The standard InChI is InChI=1S/C24H23NO6/c1-15-13-20(26)24-23(30-15)19(22(31-24)16-7-9-17(28-2)10-8-16)14-21(27)25-11-3-5-18-6-4-12-29-18/h4,6-10,12-13H,3,5,11,14H2,1-2H3,(H,25,27). The van der Waals surface area contributed by atoms with Crippen LogP contribution in [-0.4, -0.2) is 19.6 Å². The van der Waals surface area contributed by atoms with Gasteiger partial charge in [0, 0.05) is 24.6 Å². The van der Waals surface area contributed by atoms with Gasteiger partial charge in [-0.1, -0.05) is 0 Å². The van der Waals surface area contributed by atoms with E-state index in [1.165, 1.54) is 6.07 Å². The van der Waals surface area contributed by atoms with E-state index in [1.807, 2.05) is 24.3 Å². The summed E-state index contributed by atoms with van der Waals surface area (Å²) in [7, 11) is 1.59. The molecule has 7 heteroatoms. The summed E-state index contributed by atoms with van der Waals surface area (Å²) in [6.07, 6.45) is 3.16. The van der Waals surface area contributed by atoms with E-state index >= 15 is 0 Å². The Hall–Kier alpha value is -3.74. The van der Waals surface area contributed by atoms with Crippen molar-refractivity contribution in [1.82, 2.24) is 5.32 Å². The van der Waals surface area contributed by atoms with Crippen molar-refractivity contribution in [3.63, 3.8) is 0 Å². The molecule has 0 fully saturated rings. The number of hydrogen-bond donors (Lipinski definition) is 1. The van der Waals surface area contributed by atoms with Gasteiger partial charge in [0.25, 0.3) is 0 Å². The highest BCUT2D eigenvalue weighted by molar-refractivity contribution is 5.90. The van der Waals surface area contributed by atoms with Crippen molar-refractivity contribution in [1.29, 1.82) is 0 Å². The monoisotopic (exact) mass is 421 g/mol. The number of fused-ring (bicyclic) bond motifs is 1. The number of benzene rings is 1. The maximum absolute atomic E-state index is 12.7. The van der Waals surface area contributed by atoms with Crippen LogP contribution in [0.15, 0.2) is 66.8 Å². The molecule has 0 radical (unpaired) electrons. The zero-order chi connectivity index (χ0) is 21.8. The van der Waals surface area contributed by atoms with Gasteiger partial charge in [-0.15, -0.1) is 0 Å². The van der Waals surface area contributed by atoms with Gasteiger partial charge in [0.05, 0.1) is 25.4 Å². The molecule has 0 aliphatic rings. The van der Waals surface area contributed by atoms with Gasteiger partial charge in [0.2, 0.25) is 16.9 Å². The molecule has 0 unspecified atom stereocenters. The molecular formula is C24H23NO6. The quantitative estimate of drug-likeness (QED) is 0.427. The van der Waals surface area contributed by atoms with Crippen LogP contribution in [0.3, 0.4) is 0 Å². The molecular weight excluding hydrogens is 398 g/mol. The fourth-order valence-corrected chi connectivity index (χ4v) is 3.47. The largest absolute Gasteiger partial charge is 0.497 e. The topological polar surface area (TPSA) is 94.8 Å². The summed E-state index contributed by atoms with van der Waals surface area (Å²) in [6.45, 7) is 2.20. The summed E-state index contributed by atoms with van der Waals surface area (Å²) >= 11 is 0. The Kier molecular flexibility index (Phi) is 5.93. The summed E-state index contributed by atoms with van der Waals surface area (Å²) in [6, 6.07) is 12.3. The normalized spacial score (nSPS) is 11.0. The molecule has 1 aromatic carbocycles. The first kappa shape index (κ1) is 20.5. The molecule has 4 rings (SSSR count). The van der Waals surface area contributed by atoms with Gasteiger partial charge in [-0.25, -0.2) is 0 Å². The third-order valence-corrected chi connectivity index (χ3v) is 4.97. The number of amides is 1. The van der Waals surface area contributed by atoms with E-state index in [4.69, 9.17) is 18.0 Å². The Balaban J connectivity index is 1.58. The molecule has 7 nitrogen and oxygen atoms in total. The van der Waals surface area contributed by atoms with Crippen LogP contribution < -0.4 is 15.5 Å². The number of methoxy groups -OCH3 is 1. The third kappa shape index (κ3) is 4.55. The van der Waals surface area contributed by atoms with Gasteiger partial charge >= 0.3 is 0 Å². The van der Waals surface area contributed by atoms with E-state index < -0.39 is 0 Å². The van der Waals surface area contributed by atoms with Crippen LogP contribution in [0, 0.1) is 6.92 Å². The van der Waals surface area contributed by atoms with E-state index in [1.54, 1.807) is 32.4 Å². The Labute approximate surface area is 178 Å². The van der Waals surface area contributed by atoms with Crippen LogP contribution >= 0.6 is 0 Å². The molecule has 0 bridgehead atoms. The highest BCUT2D eigenvalue weighted by Crippen LogP contribution is 2.34. The van der Waals surface area contributed by atoms with E-state index in [2.05, 4.69) is 5.32 Å². The lowest BCUT2D eigenvalue weighted by atomic mass is 10.0. The molecule has 3 heterocycles. The van der Waals surface area contributed by atoms with Crippen LogP contribution in [0.2, 0.25) is 0 Å². The molecule has 1 amide bonds. The van der Waals surface area contributed by atoms with Crippen molar-refractivity contribution in [2.24, 2.45) is 0 Å². The first-order valence-electron chi connectivity index (χ1n) is 10.0. The second-order valence-corrected chi connectivity index (χ2v) is 7.23. The lowest BCUT2D eigenvalue weighted by Gasteiger charge is -2.06.